The summed E-state index contributed by atoms with van der Waals surface area (Å²) >= 11 is 0. The summed E-state index contributed by atoms with van der Waals surface area (Å²) < 4.78 is 28.9. The molecule has 1 aromatic rings. The van der Waals surface area contributed by atoms with E-state index in [9.17, 15) is 13.2 Å². The van der Waals surface area contributed by atoms with Crippen molar-refractivity contribution in [2.75, 3.05) is 25.0 Å². The number of likely N-dealkylation sites (tertiary alicyclic amines) is 1. The number of carbonyl (C=O) groups excluding carboxylic acids is 1. The molecule has 0 atom stereocenters. The first-order chi connectivity index (χ1) is 13.4. The molecule has 2 amide bonds. The van der Waals surface area contributed by atoms with Crippen LogP contribution in [0.2, 0.25) is 0 Å². The molecule has 8 heteroatoms. The molecule has 1 saturated heterocycles. The zero-order chi connectivity index (χ0) is 19.5. The van der Waals surface area contributed by atoms with Gasteiger partial charge in [-0.25, -0.2) is 8.42 Å². The maximum atomic E-state index is 12.6. The number of fused-ring (bicyclic) bond motifs is 2. The minimum Gasteiger partial charge on any atom is -0.423 e. The number of aryl methyl sites for hydroxylation is 2. The normalized spacial score (nSPS) is 22.2. The van der Waals surface area contributed by atoms with Crippen LogP contribution in [0.25, 0.3) is 4.72 Å². The Morgan fingerprint density at radius 2 is 1.72 bits per heavy atom. The topological polar surface area (TPSA) is 80.6 Å². The van der Waals surface area contributed by atoms with Crippen molar-refractivity contribution in [3.8, 4) is 0 Å². The predicted octanol–water partition coefficient (Wildman–Crippen LogP) is 0.388. The summed E-state index contributed by atoms with van der Waals surface area (Å²) in [4.78, 5) is 14.9. The minimum atomic E-state index is -3.75. The molecule has 1 N–H and O–H groups in total. The summed E-state index contributed by atoms with van der Waals surface area (Å²) in [5, 5.41) is 2.38. The second kappa shape index (κ2) is 8.19. The summed E-state index contributed by atoms with van der Waals surface area (Å²) in [5.74, 6) is 0. The van der Waals surface area contributed by atoms with Crippen LogP contribution >= 0.6 is 0 Å². The van der Waals surface area contributed by atoms with Crippen molar-refractivity contribution in [2.45, 2.75) is 63.5 Å². The number of hydrogen-bond donors (Lipinski definition) is 1. The van der Waals surface area contributed by atoms with Gasteiger partial charge in [-0.05, 0) is 91.3 Å². The molecular weight excluding hydrogens is 413 g/mol. The third-order valence-electron chi connectivity index (χ3n) is 7.22. The van der Waals surface area contributed by atoms with Gasteiger partial charge in [-0.1, -0.05) is 13.0 Å². The molecule has 3 aliphatic carbocycles. The van der Waals surface area contributed by atoms with E-state index < -0.39 is 21.3 Å². The fourth-order valence-electron chi connectivity index (χ4n) is 5.79. The number of anilines is 1. The summed E-state index contributed by atoms with van der Waals surface area (Å²) in [7, 11) is -3.75. The summed E-state index contributed by atoms with van der Waals surface area (Å²) in [6.45, 7) is 5.09. The monoisotopic (exact) mass is 441 g/mol. The van der Waals surface area contributed by atoms with Crippen LogP contribution in [0.15, 0.2) is 6.07 Å². The number of rotatable bonds is 4. The number of benzene rings is 1. The third kappa shape index (κ3) is 3.99. The second-order valence-corrected chi connectivity index (χ2v) is 11.0. The maximum Gasteiger partial charge on any atom is 1.00 e. The Kier molecular flexibility index (Phi) is 6.28. The molecule has 4 aliphatic rings. The van der Waals surface area contributed by atoms with Gasteiger partial charge in [0.15, 0.2) is 16.1 Å². The Morgan fingerprint density at radius 3 is 2.28 bits per heavy atom. The average molecular weight is 442 g/mol. The maximum absolute atomic E-state index is 12.6. The zero-order valence-electron chi connectivity index (χ0n) is 17.5. The van der Waals surface area contributed by atoms with Gasteiger partial charge in [0, 0.05) is 13.1 Å². The van der Waals surface area contributed by atoms with Crippen molar-refractivity contribution in [1.29, 1.82) is 0 Å². The van der Waals surface area contributed by atoms with Gasteiger partial charge < -0.3 is 14.9 Å². The molecule has 0 bridgehead atoms. The Labute approximate surface area is 216 Å². The predicted molar refractivity (Wildman–Crippen MR) is 109 cm³/mol. The van der Waals surface area contributed by atoms with Crippen LogP contribution in [0.3, 0.4) is 0 Å². The van der Waals surface area contributed by atoms with E-state index in [4.69, 9.17) is 0 Å². The van der Waals surface area contributed by atoms with Crippen LogP contribution in [0, 0.1) is 5.41 Å². The quantitative estimate of drug-likeness (QED) is 0.686. The van der Waals surface area contributed by atoms with Gasteiger partial charge in [-0.15, -0.1) is 0 Å². The molecular formula is C21H28KN3O3S. The first-order valence-corrected chi connectivity index (χ1v) is 12.1. The summed E-state index contributed by atoms with van der Waals surface area (Å²) in [6, 6.07) is 1.57. The molecule has 1 saturated carbocycles. The van der Waals surface area contributed by atoms with Gasteiger partial charge in [0.25, 0.3) is 0 Å². The molecule has 0 aromatic heterocycles. The van der Waals surface area contributed by atoms with Gasteiger partial charge in [0.2, 0.25) is 0 Å². The van der Waals surface area contributed by atoms with Crippen LogP contribution in [0.4, 0.5) is 10.5 Å². The standard InChI is InChI=1S/C21H29N3O3S.K/c1-2-24-12-21(13-24)10-16(11-21)28(26,27)23-20(25)22-19-17-7-3-5-14(17)9-15-6-4-8-18(15)19;/h9,16H,2-8,10-13H2,1H3,(H2,22,23,25);/q;+1/p-1. The first-order valence-electron chi connectivity index (χ1n) is 10.6. The molecule has 152 valence electrons. The molecule has 1 spiro atoms. The Bertz CT molecular complexity index is 901. The number of urea groups is 1. The van der Waals surface area contributed by atoms with E-state index in [-0.39, 0.29) is 56.8 Å². The van der Waals surface area contributed by atoms with Gasteiger partial charge in [-0.3, -0.25) is 4.79 Å². The van der Waals surface area contributed by atoms with Gasteiger partial charge in [0.05, 0.1) is 5.25 Å². The Morgan fingerprint density at radius 1 is 1.14 bits per heavy atom. The molecule has 1 aromatic carbocycles. The molecule has 2 fully saturated rings. The average Bonchev–Trinajstić information content (AvgIpc) is 3.20. The van der Waals surface area contributed by atoms with Gasteiger partial charge in [0.1, 0.15) is 0 Å². The van der Waals surface area contributed by atoms with Crippen LogP contribution < -0.4 is 56.7 Å². The van der Waals surface area contributed by atoms with Crippen molar-refractivity contribution in [1.82, 2.24) is 4.90 Å². The molecule has 0 radical (unpaired) electrons. The van der Waals surface area contributed by atoms with Crippen LogP contribution in [-0.4, -0.2) is 44.2 Å². The number of hydrogen-bond acceptors (Lipinski definition) is 4. The SMILES string of the molecule is CCN1CC2(CC(S(=O)(=O)[N-]C(=O)Nc3c4c(cc5c3CCC5)CCC4)C2)C1.[K+]. The fraction of sp³-hybridized carbons (Fsp3) is 0.667. The Balaban J connectivity index is 0.00000205. The number of carbonyl (C=O) groups is 1. The van der Waals surface area contributed by atoms with E-state index in [0.717, 1.165) is 63.8 Å². The van der Waals surface area contributed by atoms with Crippen molar-refractivity contribution in [3.05, 3.63) is 33.0 Å². The van der Waals surface area contributed by atoms with E-state index in [1.807, 2.05) is 0 Å². The van der Waals surface area contributed by atoms with Gasteiger partial charge >= 0.3 is 51.4 Å². The largest absolute Gasteiger partial charge is 1.00 e. The third-order valence-corrected chi connectivity index (χ3v) is 8.82. The molecule has 0 unspecified atom stereocenters. The van der Waals surface area contributed by atoms with Crippen molar-refractivity contribution < 1.29 is 64.6 Å². The second-order valence-electron chi connectivity index (χ2n) is 9.10. The zero-order valence-corrected chi connectivity index (χ0v) is 21.4. The molecule has 1 aliphatic heterocycles. The molecule has 1 heterocycles. The summed E-state index contributed by atoms with van der Waals surface area (Å²) in [5.41, 5.74) is 6.02. The van der Waals surface area contributed by atoms with E-state index in [1.165, 1.54) is 22.3 Å². The van der Waals surface area contributed by atoms with E-state index >= 15 is 0 Å². The van der Waals surface area contributed by atoms with E-state index in [2.05, 4.69) is 27.9 Å². The Hall–Kier alpha value is 0.0364. The number of sulfonamides is 1. The molecule has 29 heavy (non-hydrogen) atoms. The number of amides is 2. The first kappa shape index (κ1) is 22.2. The fourth-order valence-corrected chi connectivity index (χ4v) is 7.34. The van der Waals surface area contributed by atoms with Crippen LogP contribution in [0.1, 0.15) is 54.9 Å². The molecule has 6 nitrogen and oxygen atoms in total. The van der Waals surface area contributed by atoms with Crippen LogP contribution in [0.5, 0.6) is 0 Å². The van der Waals surface area contributed by atoms with Crippen molar-refractivity contribution >= 4 is 21.7 Å². The number of nitrogens with zero attached hydrogens (tertiary/aromatic N) is 2. The summed E-state index contributed by atoms with van der Waals surface area (Å²) in [6.07, 6.45) is 7.44. The van der Waals surface area contributed by atoms with Crippen LogP contribution in [-0.2, 0) is 35.7 Å². The molecule has 5 rings (SSSR count). The van der Waals surface area contributed by atoms with Crippen molar-refractivity contribution in [3.63, 3.8) is 0 Å². The van der Waals surface area contributed by atoms with E-state index in [1.54, 1.807) is 0 Å². The van der Waals surface area contributed by atoms with Gasteiger partial charge in [-0.2, -0.15) is 0 Å². The van der Waals surface area contributed by atoms with E-state index in [0.29, 0.717) is 12.8 Å². The van der Waals surface area contributed by atoms with Crippen molar-refractivity contribution in [2.24, 2.45) is 5.41 Å². The minimum absolute atomic E-state index is 0. The number of nitrogens with one attached hydrogen (secondary N) is 1. The smallest absolute Gasteiger partial charge is 0.423 e.